The number of fused-ring (bicyclic) bond motifs is 1. The van der Waals surface area contributed by atoms with Crippen molar-refractivity contribution in [3.8, 4) is 11.5 Å². The van der Waals surface area contributed by atoms with Gasteiger partial charge in [0, 0.05) is 32.7 Å². The molecule has 0 radical (unpaired) electrons. The molecule has 0 aromatic heterocycles. The molecule has 2 aliphatic heterocycles. The van der Waals surface area contributed by atoms with Gasteiger partial charge in [-0.25, -0.2) is 9.59 Å². The second-order valence-corrected chi connectivity index (χ2v) is 7.30. The molecular weight excluding hydrogens is 338 g/mol. The number of carbonyl (C=O) groups is 2. The molecular formula is C18H25N3O5. The maximum Gasteiger partial charge on any atom is 0.410 e. The summed E-state index contributed by atoms with van der Waals surface area (Å²) in [5, 5.41) is 2.90. The van der Waals surface area contributed by atoms with Gasteiger partial charge in [-0.1, -0.05) is 6.07 Å². The summed E-state index contributed by atoms with van der Waals surface area (Å²) in [6.45, 7) is 8.03. The van der Waals surface area contributed by atoms with Crippen LogP contribution in [0.2, 0.25) is 0 Å². The number of hydrogen-bond acceptors (Lipinski definition) is 5. The van der Waals surface area contributed by atoms with Crippen molar-refractivity contribution in [3.05, 3.63) is 23.8 Å². The summed E-state index contributed by atoms with van der Waals surface area (Å²) in [5.74, 6) is 1.42. The number of hydrogen-bond donors (Lipinski definition) is 1. The topological polar surface area (TPSA) is 80.3 Å². The second-order valence-electron chi connectivity index (χ2n) is 7.30. The van der Waals surface area contributed by atoms with Gasteiger partial charge in [0.2, 0.25) is 6.79 Å². The number of rotatable bonds is 2. The Morgan fingerprint density at radius 3 is 2.42 bits per heavy atom. The van der Waals surface area contributed by atoms with Crippen LogP contribution in [-0.2, 0) is 11.3 Å². The molecule has 1 aromatic rings. The maximum atomic E-state index is 12.3. The number of nitrogens with zero attached hydrogens (tertiary/aromatic N) is 2. The van der Waals surface area contributed by atoms with Crippen molar-refractivity contribution in [1.29, 1.82) is 0 Å². The molecule has 0 bridgehead atoms. The summed E-state index contributed by atoms with van der Waals surface area (Å²) in [7, 11) is 0. The van der Waals surface area contributed by atoms with Crippen molar-refractivity contribution in [1.82, 2.24) is 15.1 Å². The monoisotopic (exact) mass is 363 g/mol. The first-order valence-corrected chi connectivity index (χ1v) is 8.71. The SMILES string of the molecule is CC(C)(C)OC(=O)N1CCN(C(=O)NCc2ccc3c(c2)OCO3)CC1. The van der Waals surface area contributed by atoms with Crippen molar-refractivity contribution in [2.45, 2.75) is 32.9 Å². The molecule has 0 aliphatic carbocycles. The Morgan fingerprint density at radius 2 is 1.73 bits per heavy atom. The van der Waals surface area contributed by atoms with Gasteiger partial charge in [0.05, 0.1) is 0 Å². The first-order chi connectivity index (χ1) is 12.3. The molecule has 3 amide bonds. The Bertz CT molecular complexity index is 678. The lowest BCUT2D eigenvalue weighted by Gasteiger charge is -2.35. The van der Waals surface area contributed by atoms with Crippen molar-refractivity contribution in [3.63, 3.8) is 0 Å². The molecule has 1 aromatic carbocycles. The summed E-state index contributed by atoms with van der Waals surface area (Å²) in [6.07, 6.45) is -0.335. The lowest BCUT2D eigenvalue weighted by atomic mass is 10.2. The van der Waals surface area contributed by atoms with Gasteiger partial charge in [0.25, 0.3) is 0 Å². The predicted molar refractivity (Wildman–Crippen MR) is 94.2 cm³/mol. The fourth-order valence-corrected chi connectivity index (χ4v) is 2.76. The van der Waals surface area contributed by atoms with E-state index < -0.39 is 5.60 Å². The first-order valence-electron chi connectivity index (χ1n) is 8.71. The molecule has 8 nitrogen and oxygen atoms in total. The lowest BCUT2D eigenvalue weighted by Crippen LogP contribution is -2.53. The molecule has 0 unspecified atom stereocenters. The van der Waals surface area contributed by atoms with Gasteiger partial charge in [0.15, 0.2) is 11.5 Å². The zero-order valence-corrected chi connectivity index (χ0v) is 15.4. The fourth-order valence-electron chi connectivity index (χ4n) is 2.76. The van der Waals surface area contributed by atoms with Crippen LogP contribution in [-0.4, -0.2) is 60.5 Å². The molecule has 3 rings (SSSR count). The largest absolute Gasteiger partial charge is 0.454 e. The van der Waals surface area contributed by atoms with Gasteiger partial charge >= 0.3 is 12.1 Å². The molecule has 2 heterocycles. The van der Waals surface area contributed by atoms with E-state index in [1.54, 1.807) is 9.80 Å². The van der Waals surface area contributed by atoms with Crippen molar-refractivity contribution in [2.24, 2.45) is 0 Å². The van der Waals surface area contributed by atoms with Gasteiger partial charge in [-0.2, -0.15) is 0 Å². The number of ether oxygens (including phenoxy) is 3. The van der Waals surface area contributed by atoms with E-state index in [0.29, 0.717) is 38.5 Å². The highest BCUT2D eigenvalue weighted by molar-refractivity contribution is 5.75. The van der Waals surface area contributed by atoms with E-state index in [4.69, 9.17) is 14.2 Å². The van der Waals surface area contributed by atoms with E-state index in [9.17, 15) is 9.59 Å². The highest BCUT2D eigenvalue weighted by Gasteiger charge is 2.27. The van der Waals surface area contributed by atoms with E-state index in [-0.39, 0.29) is 18.9 Å². The molecule has 26 heavy (non-hydrogen) atoms. The summed E-state index contributed by atoms with van der Waals surface area (Å²) in [4.78, 5) is 27.7. The van der Waals surface area contributed by atoms with Gasteiger partial charge in [-0.3, -0.25) is 0 Å². The molecule has 1 N–H and O–H groups in total. The van der Waals surface area contributed by atoms with E-state index in [2.05, 4.69) is 5.32 Å². The fraction of sp³-hybridized carbons (Fsp3) is 0.556. The Hall–Kier alpha value is -2.64. The highest BCUT2D eigenvalue weighted by Crippen LogP contribution is 2.32. The minimum Gasteiger partial charge on any atom is -0.454 e. The predicted octanol–water partition coefficient (Wildman–Crippen LogP) is 2.18. The number of nitrogens with one attached hydrogen (secondary N) is 1. The molecule has 0 spiro atoms. The second kappa shape index (κ2) is 7.31. The molecule has 0 saturated carbocycles. The number of piperazine rings is 1. The Kier molecular flexibility index (Phi) is 5.11. The summed E-state index contributed by atoms with van der Waals surface area (Å²) in [5.41, 5.74) is 0.422. The van der Waals surface area contributed by atoms with Crippen LogP contribution in [0.4, 0.5) is 9.59 Å². The van der Waals surface area contributed by atoms with Crippen LogP contribution >= 0.6 is 0 Å². The summed E-state index contributed by atoms with van der Waals surface area (Å²) in [6, 6.07) is 5.45. The third kappa shape index (κ3) is 4.50. The average Bonchev–Trinajstić information content (AvgIpc) is 3.06. The Balaban J connectivity index is 1.44. The van der Waals surface area contributed by atoms with Crippen LogP contribution in [0, 0.1) is 0 Å². The zero-order chi connectivity index (χ0) is 18.7. The minimum absolute atomic E-state index is 0.147. The van der Waals surface area contributed by atoms with Crippen molar-refractivity contribution >= 4 is 12.1 Å². The third-order valence-electron chi connectivity index (χ3n) is 4.10. The van der Waals surface area contributed by atoms with Gasteiger partial charge in [-0.15, -0.1) is 0 Å². The van der Waals surface area contributed by atoms with Crippen molar-refractivity contribution in [2.75, 3.05) is 33.0 Å². The Labute approximate surface area is 153 Å². The zero-order valence-electron chi connectivity index (χ0n) is 15.4. The average molecular weight is 363 g/mol. The standard InChI is InChI=1S/C18H25N3O5/c1-18(2,3)26-17(23)21-8-6-20(7-9-21)16(22)19-11-13-4-5-14-15(10-13)25-12-24-14/h4-5,10H,6-9,11-12H2,1-3H3,(H,19,22). The Morgan fingerprint density at radius 1 is 1.08 bits per heavy atom. The minimum atomic E-state index is -0.518. The van der Waals surface area contributed by atoms with Crippen LogP contribution in [0.25, 0.3) is 0 Å². The van der Waals surface area contributed by atoms with E-state index >= 15 is 0 Å². The van der Waals surface area contributed by atoms with Crippen LogP contribution in [0.3, 0.4) is 0 Å². The van der Waals surface area contributed by atoms with Gasteiger partial charge in [-0.05, 0) is 38.5 Å². The number of urea groups is 1. The van der Waals surface area contributed by atoms with Crippen LogP contribution < -0.4 is 14.8 Å². The molecule has 0 atom stereocenters. The van der Waals surface area contributed by atoms with E-state index in [1.165, 1.54) is 0 Å². The van der Waals surface area contributed by atoms with E-state index in [1.807, 2.05) is 39.0 Å². The first kappa shape index (κ1) is 18.2. The number of benzene rings is 1. The smallest absolute Gasteiger partial charge is 0.410 e. The lowest BCUT2D eigenvalue weighted by molar-refractivity contribution is 0.0170. The third-order valence-corrected chi connectivity index (χ3v) is 4.10. The van der Waals surface area contributed by atoms with Crippen LogP contribution in [0.5, 0.6) is 11.5 Å². The van der Waals surface area contributed by atoms with E-state index in [0.717, 1.165) is 11.3 Å². The van der Waals surface area contributed by atoms with Crippen LogP contribution in [0.1, 0.15) is 26.3 Å². The van der Waals surface area contributed by atoms with Gasteiger partial charge in [0.1, 0.15) is 5.60 Å². The summed E-state index contributed by atoms with van der Waals surface area (Å²) < 4.78 is 16.0. The maximum absolute atomic E-state index is 12.3. The molecule has 142 valence electrons. The molecule has 2 aliphatic rings. The molecule has 8 heteroatoms. The summed E-state index contributed by atoms with van der Waals surface area (Å²) >= 11 is 0. The molecule has 1 saturated heterocycles. The normalized spacial score (nSPS) is 16.4. The highest BCUT2D eigenvalue weighted by atomic mass is 16.7. The van der Waals surface area contributed by atoms with Crippen molar-refractivity contribution < 1.29 is 23.8 Å². The number of amides is 3. The number of carbonyl (C=O) groups excluding carboxylic acids is 2. The molecule has 1 fully saturated rings. The van der Waals surface area contributed by atoms with Gasteiger partial charge < -0.3 is 29.3 Å². The van der Waals surface area contributed by atoms with Crippen LogP contribution in [0.15, 0.2) is 18.2 Å². The quantitative estimate of drug-likeness (QED) is 0.871.